The maximum absolute atomic E-state index is 10.3. The average molecular weight is 362 g/mol. The second-order valence-corrected chi connectivity index (χ2v) is 6.91. The Hall–Kier alpha value is -0.820. The number of rotatable bonds is 4. The Labute approximate surface area is 142 Å². The molecule has 3 heterocycles. The quantitative estimate of drug-likeness (QED) is 0.276. The van der Waals surface area contributed by atoms with Crippen molar-refractivity contribution in [1.82, 2.24) is 0 Å². The van der Waals surface area contributed by atoms with E-state index in [9.17, 15) is 30.6 Å². The fourth-order valence-electron chi connectivity index (χ4n) is 4.17. The molecule has 3 aliphatic heterocycles. The first-order valence-corrected chi connectivity index (χ1v) is 8.19. The number of aliphatic hydroxyl groups is 6. The van der Waals surface area contributed by atoms with Gasteiger partial charge in [-0.3, -0.25) is 0 Å². The first-order valence-electron chi connectivity index (χ1n) is 8.19. The molecular formula is C15H22O10. The maximum atomic E-state index is 10.3. The molecule has 4 aliphatic rings. The second-order valence-electron chi connectivity index (χ2n) is 6.91. The van der Waals surface area contributed by atoms with Crippen LogP contribution in [0.2, 0.25) is 0 Å². The van der Waals surface area contributed by atoms with Gasteiger partial charge in [0.05, 0.1) is 31.5 Å². The molecule has 10 nitrogen and oxygen atoms in total. The van der Waals surface area contributed by atoms with Crippen molar-refractivity contribution in [2.75, 3.05) is 13.2 Å². The van der Waals surface area contributed by atoms with E-state index in [1.165, 1.54) is 6.26 Å². The van der Waals surface area contributed by atoms with Gasteiger partial charge in [-0.1, -0.05) is 0 Å². The lowest BCUT2D eigenvalue weighted by atomic mass is 9.85. The zero-order chi connectivity index (χ0) is 17.9. The highest BCUT2D eigenvalue weighted by atomic mass is 16.8. The van der Waals surface area contributed by atoms with Gasteiger partial charge in [-0.25, -0.2) is 0 Å². The molecule has 3 fully saturated rings. The van der Waals surface area contributed by atoms with Crippen LogP contribution < -0.4 is 0 Å². The minimum atomic E-state index is -1.57. The lowest BCUT2D eigenvalue weighted by Gasteiger charge is -2.43. The molecule has 4 rings (SSSR count). The first-order chi connectivity index (χ1) is 11.9. The van der Waals surface area contributed by atoms with Gasteiger partial charge >= 0.3 is 0 Å². The predicted octanol–water partition coefficient (Wildman–Crippen LogP) is -3.59. The average Bonchev–Trinajstić information content (AvgIpc) is 3.31. The van der Waals surface area contributed by atoms with Crippen molar-refractivity contribution in [2.24, 2.45) is 11.8 Å². The van der Waals surface area contributed by atoms with Crippen molar-refractivity contribution in [3.05, 3.63) is 12.3 Å². The third kappa shape index (κ3) is 2.45. The Kier molecular flexibility index (Phi) is 4.30. The van der Waals surface area contributed by atoms with E-state index in [4.69, 9.17) is 18.9 Å². The van der Waals surface area contributed by atoms with Crippen LogP contribution in [0.4, 0.5) is 0 Å². The first kappa shape index (κ1) is 17.6. The Morgan fingerprint density at radius 2 is 1.72 bits per heavy atom. The van der Waals surface area contributed by atoms with Gasteiger partial charge in [0.2, 0.25) is 6.29 Å². The summed E-state index contributed by atoms with van der Waals surface area (Å²) in [6, 6.07) is 0. The van der Waals surface area contributed by atoms with E-state index in [0.717, 1.165) is 0 Å². The summed E-state index contributed by atoms with van der Waals surface area (Å²) in [5.74, 6) is -0.913. The number of fused-ring (bicyclic) bond motifs is 3. The summed E-state index contributed by atoms with van der Waals surface area (Å²) in [6.07, 6.45) is -6.47. The van der Waals surface area contributed by atoms with Crippen molar-refractivity contribution in [3.8, 4) is 0 Å². The number of hydrogen-bond donors (Lipinski definition) is 6. The van der Waals surface area contributed by atoms with Gasteiger partial charge in [0, 0.05) is 5.92 Å². The summed E-state index contributed by atoms with van der Waals surface area (Å²) < 4.78 is 21.9. The largest absolute Gasteiger partial charge is 0.472 e. The Bertz CT molecular complexity index is 540. The molecular weight excluding hydrogens is 340 g/mol. The van der Waals surface area contributed by atoms with Crippen molar-refractivity contribution < 1.29 is 49.6 Å². The van der Waals surface area contributed by atoms with E-state index in [-0.39, 0.29) is 12.5 Å². The zero-order valence-electron chi connectivity index (χ0n) is 13.2. The predicted molar refractivity (Wildman–Crippen MR) is 76.5 cm³/mol. The molecule has 10 heteroatoms. The molecule has 2 saturated heterocycles. The lowest BCUT2D eigenvalue weighted by molar-refractivity contribution is -0.344. The third-order valence-electron chi connectivity index (χ3n) is 5.62. The topological polar surface area (TPSA) is 162 Å². The second kappa shape index (κ2) is 6.12. The van der Waals surface area contributed by atoms with Gasteiger partial charge in [-0.05, 0) is 6.08 Å². The molecule has 1 aliphatic carbocycles. The van der Waals surface area contributed by atoms with Crippen LogP contribution in [0.25, 0.3) is 0 Å². The molecule has 0 radical (unpaired) electrons. The Morgan fingerprint density at radius 3 is 2.40 bits per heavy atom. The van der Waals surface area contributed by atoms with Crippen LogP contribution in [-0.4, -0.2) is 98.7 Å². The fraction of sp³-hybridized carbons (Fsp3) is 0.867. The normalized spacial score (nSPS) is 56.9. The highest BCUT2D eigenvalue weighted by Gasteiger charge is 2.75. The molecule has 0 unspecified atom stereocenters. The molecule has 142 valence electrons. The van der Waals surface area contributed by atoms with E-state index in [1.807, 2.05) is 0 Å². The molecule has 1 saturated carbocycles. The van der Waals surface area contributed by atoms with Crippen LogP contribution in [0.1, 0.15) is 0 Å². The summed E-state index contributed by atoms with van der Waals surface area (Å²) in [5.41, 5.74) is -0.992. The third-order valence-corrected chi connectivity index (χ3v) is 5.62. The molecule has 0 bridgehead atoms. The highest BCUT2D eigenvalue weighted by Crippen LogP contribution is 2.59. The van der Waals surface area contributed by atoms with Gasteiger partial charge in [-0.15, -0.1) is 0 Å². The van der Waals surface area contributed by atoms with Crippen LogP contribution in [0.3, 0.4) is 0 Å². The van der Waals surface area contributed by atoms with Crippen molar-refractivity contribution in [2.45, 2.75) is 54.8 Å². The number of hydrogen-bond acceptors (Lipinski definition) is 10. The van der Waals surface area contributed by atoms with Crippen molar-refractivity contribution in [3.63, 3.8) is 0 Å². The van der Waals surface area contributed by atoms with E-state index >= 15 is 0 Å². The molecule has 0 aromatic carbocycles. The van der Waals surface area contributed by atoms with Crippen LogP contribution in [0.5, 0.6) is 0 Å². The van der Waals surface area contributed by atoms with E-state index in [2.05, 4.69) is 0 Å². The molecule has 0 aromatic rings. The summed E-state index contributed by atoms with van der Waals surface area (Å²) >= 11 is 0. The van der Waals surface area contributed by atoms with Crippen LogP contribution in [-0.2, 0) is 18.9 Å². The summed E-state index contributed by atoms with van der Waals surface area (Å²) in [6.45, 7) is -0.908. The van der Waals surface area contributed by atoms with Crippen LogP contribution in [0.15, 0.2) is 12.3 Å². The highest BCUT2D eigenvalue weighted by molar-refractivity contribution is 5.24. The minimum Gasteiger partial charge on any atom is -0.472 e. The van der Waals surface area contributed by atoms with Gasteiger partial charge in [0.25, 0.3) is 0 Å². The SMILES string of the molecule is OC[C@@H]1O[C@H](O[C@@H]2OC=C[C@@H]3[C@@H](O)[C@H]4O[C@]4(CO)[C@@H]23)[C@@H](O)[C@H](O)[C@H]1O. The molecule has 11 atom stereocenters. The summed E-state index contributed by atoms with van der Waals surface area (Å²) in [7, 11) is 0. The van der Waals surface area contributed by atoms with Crippen LogP contribution >= 0.6 is 0 Å². The molecule has 0 amide bonds. The Balaban J connectivity index is 1.53. The molecule has 25 heavy (non-hydrogen) atoms. The maximum Gasteiger partial charge on any atom is 0.208 e. The van der Waals surface area contributed by atoms with Crippen LogP contribution in [0, 0.1) is 11.8 Å². The van der Waals surface area contributed by atoms with Crippen molar-refractivity contribution in [1.29, 1.82) is 0 Å². The number of aliphatic hydroxyl groups excluding tert-OH is 6. The van der Waals surface area contributed by atoms with Gasteiger partial charge < -0.3 is 49.6 Å². The van der Waals surface area contributed by atoms with E-state index in [0.29, 0.717) is 0 Å². The lowest BCUT2D eigenvalue weighted by Crippen LogP contribution is -2.60. The smallest absolute Gasteiger partial charge is 0.208 e. The number of epoxide rings is 1. The number of ether oxygens (including phenoxy) is 4. The molecule has 0 aromatic heterocycles. The molecule has 0 spiro atoms. The van der Waals surface area contributed by atoms with E-state index in [1.54, 1.807) is 6.08 Å². The Morgan fingerprint density at radius 1 is 0.960 bits per heavy atom. The van der Waals surface area contributed by atoms with E-state index < -0.39 is 67.3 Å². The van der Waals surface area contributed by atoms with Gasteiger partial charge in [0.1, 0.15) is 36.1 Å². The van der Waals surface area contributed by atoms with Gasteiger partial charge in [-0.2, -0.15) is 0 Å². The summed E-state index contributed by atoms with van der Waals surface area (Å²) in [5, 5.41) is 59.0. The van der Waals surface area contributed by atoms with Crippen molar-refractivity contribution >= 4 is 0 Å². The monoisotopic (exact) mass is 362 g/mol. The minimum absolute atomic E-state index is 0.332. The fourth-order valence-corrected chi connectivity index (χ4v) is 4.17. The molecule has 6 N–H and O–H groups in total. The van der Waals surface area contributed by atoms with Gasteiger partial charge in [0.15, 0.2) is 6.29 Å². The summed E-state index contributed by atoms with van der Waals surface area (Å²) in [4.78, 5) is 0. The zero-order valence-corrected chi connectivity index (χ0v) is 13.2. The standard InChI is InChI=1S/C15H22O10/c16-3-6-9(19)10(20)11(21)14(23-6)24-13-7-5(1-2-22-13)8(18)12-15(7,4-17)25-12/h1-2,5-14,16-21H,3-4H2/t5-,6-,7+,8+,9-,10+,11-,12+,13-,14+,15+/m0/s1.